The van der Waals surface area contributed by atoms with Gasteiger partial charge in [0.1, 0.15) is 16.2 Å². The Hall–Kier alpha value is -2.92. The van der Waals surface area contributed by atoms with E-state index in [2.05, 4.69) is 25.6 Å². The number of alkyl halides is 2. The lowest BCUT2D eigenvalue weighted by Gasteiger charge is -2.35. The summed E-state index contributed by atoms with van der Waals surface area (Å²) < 4.78 is 27.8. The van der Waals surface area contributed by atoms with Crippen molar-refractivity contribution in [2.75, 3.05) is 10.6 Å². The minimum absolute atomic E-state index is 0.0806. The molecular formula is C18H19F2N7OS. The number of nitrogens with zero attached hydrogens (tertiary/aromatic N) is 3. The van der Waals surface area contributed by atoms with Crippen LogP contribution in [-0.2, 0) is 0 Å². The molecule has 3 aromatic heterocycles. The molecule has 0 aromatic carbocycles. The number of anilines is 3. The van der Waals surface area contributed by atoms with Gasteiger partial charge in [-0.25, -0.2) is 18.7 Å². The van der Waals surface area contributed by atoms with Crippen LogP contribution < -0.4 is 22.1 Å². The minimum atomic E-state index is -2.95. The van der Waals surface area contributed by atoms with Crippen LogP contribution in [0.2, 0.25) is 0 Å². The molecule has 1 fully saturated rings. The molecular weight excluding hydrogens is 400 g/mol. The highest BCUT2D eigenvalue weighted by atomic mass is 32.1. The van der Waals surface area contributed by atoms with E-state index in [0.717, 1.165) is 10.2 Å². The monoisotopic (exact) mass is 419 g/mol. The van der Waals surface area contributed by atoms with Gasteiger partial charge in [-0.05, 0) is 25.0 Å². The van der Waals surface area contributed by atoms with Crippen molar-refractivity contribution in [1.82, 2.24) is 15.0 Å². The maximum Gasteiger partial charge on any atom is 0.264 e. The smallest absolute Gasteiger partial charge is 0.264 e. The summed E-state index contributed by atoms with van der Waals surface area (Å²) >= 11 is 1.43. The average Bonchev–Trinajstić information content (AvgIpc) is 3.08. The van der Waals surface area contributed by atoms with Crippen molar-refractivity contribution < 1.29 is 13.6 Å². The first-order valence-corrected chi connectivity index (χ1v) is 9.89. The lowest BCUT2D eigenvalue weighted by atomic mass is 9.87. The number of amides is 1. The molecule has 1 aliphatic carbocycles. The highest BCUT2D eigenvalue weighted by molar-refractivity contribution is 7.17. The van der Waals surface area contributed by atoms with Crippen molar-refractivity contribution in [3.8, 4) is 0 Å². The summed E-state index contributed by atoms with van der Waals surface area (Å²) in [6.07, 6.45) is 3.53. The molecule has 2 atom stereocenters. The first-order valence-electron chi connectivity index (χ1n) is 9.01. The zero-order valence-corrected chi connectivity index (χ0v) is 16.0. The Labute approximate surface area is 168 Å². The molecule has 8 nitrogen and oxygen atoms in total. The third kappa shape index (κ3) is 3.83. The fraction of sp³-hybridized carbons (Fsp3) is 0.333. The van der Waals surface area contributed by atoms with Crippen LogP contribution in [-0.4, -0.2) is 38.9 Å². The van der Waals surface area contributed by atoms with Crippen LogP contribution in [0.5, 0.6) is 0 Å². The molecule has 6 N–H and O–H groups in total. The summed E-state index contributed by atoms with van der Waals surface area (Å²) in [6, 6.07) is 1.65. The lowest BCUT2D eigenvalue weighted by Crippen LogP contribution is -2.55. The number of hydrogen-bond acceptors (Lipinski definition) is 8. The SMILES string of the molecule is NC(=O)c1cnc(N[C@@H]2CCCC(F)(F)[C@@H]2N)nc1Nc1csc2ncccc12. The Morgan fingerprint density at radius 3 is 2.97 bits per heavy atom. The fourth-order valence-electron chi connectivity index (χ4n) is 3.35. The van der Waals surface area contributed by atoms with Crippen molar-refractivity contribution >= 4 is 44.9 Å². The van der Waals surface area contributed by atoms with E-state index in [1.54, 1.807) is 12.3 Å². The van der Waals surface area contributed by atoms with E-state index in [1.165, 1.54) is 17.5 Å². The van der Waals surface area contributed by atoms with Crippen LogP contribution in [0, 0.1) is 0 Å². The Balaban J connectivity index is 1.63. The van der Waals surface area contributed by atoms with Crippen LogP contribution in [0.4, 0.5) is 26.2 Å². The highest BCUT2D eigenvalue weighted by Gasteiger charge is 2.44. The summed E-state index contributed by atoms with van der Waals surface area (Å²) in [5.41, 5.74) is 11.9. The third-order valence-corrected chi connectivity index (χ3v) is 5.82. The second-order valence-electron chi connectivity index (χ2n) is 6.88. The van der Waals surface area contributed by atoms with Gasteiger partial charge in [-0.1, -0.05) is 0 Å². The summed E-state index contributed by atoms with van der Waals surface area (Å²) in [4.78, 5) is 25.3. The van der Waals surface area contributed by atoms with E-state index in [0.29, 0.717) is 18.5 Å². The molecule has 0 bridgehead atoms. The summed E-state index contributed by atoms with van der Waals surface area (Å²) in [7, 11) is 0. The predicted octanol–water partition coefficient (Wildman–Crippen LogP) is 2.86. The number of primary amides is 1. The predicted molar refractivity (Wildman–Crippen MR) is 108 cm³/mol. The largest absolute Gasteiger partial charge is 0.365 e. The Bertz CT molecular complexity index is 1060. The molecule has 152 valence electrons. The van der Waals surface area contributed by atoms with E-state index in [-0.39, 0.29) is 23.8 Å². The van der Waals surface area contributed by atoms with Gasteiger partial charge >= 0.3 is 0 Å². The zero-order valence-electron chi connectivity index (χ0n) is 15.2. The quantitative estimate of drug-likeness (QED) is 0.500. The van der Waals surface area contributed by atoms with Crippen LogP contribution in [0.15, 0.2) is 29.9 Å². The summed E-state index contributed by atoms with van der Waals surface area (Å²) in [6.45, 7) is 0. The number of fused-ring (bicyclic) bond motifs is 1. The number of halogens is 2. The van der Waals surface area contributed by atoms with Crippen molar-refractivity contribution in [1.29, 1.82) is 0 Å². The fourth-order valence-corrected chi connectivity index (χ4v) is 4.19. The van der Waals surface area contributed by atoms with Crippen molar-refractivity contribution in [3.63, 3.8) is 0 Å². The maximum absolute atomic E-state index is 13.9. The average molecular weight is 419 g/mol. The molecule has 0 radical (unpaired) electrons. The second-order valence-corrected chi connectivity index (χ2v) is 7.74. The van der Waals surface area contributed by atoms with E-state index in [4.69, 9.17) is 11.5 Å². The lowest BCUT2D eigenvalue weighted by molar-refractivity contribution is -0.0555. The van der Waals surface area contributed by atoms with E-state index in [1.807, 2.05) is 11.4 Å². The molecule has 11 heteroatoms. The normalized spacial score (nSPS) is 21.1. The Morgan fingerprint density at radius 1 is 1.34 bits per heavy atom. The van der Waals surface area contributed by atoms with Crippen LogP contribution in [0.3, 0.4) is 0 Å². The second kappa shape index (κ2) is 7.48. The molecule has 0 unspecified atom stereocenters. The molecule has 1 amide bonds. The number of thiophene rings is 1. The number of nitrogens with one attached hydrogen (secondary N) is 2. The van der Waals surface area contributed by atoms with Gasteiger partial charge in [-0.2, -0.15) is 4.98 Å². The molecule has 4 rings (SSSR count). The molecule has 29 heavy (non-hydrogen) atoms. The van der Waals surface area contributed by atoms with Gasteiger partial charge < -0.3 is 22.1 Å². The number of hydrogen-bond donors (Lipinski definition) is 4. The van der Waals surface area contributed by atoms with Gasteiger partial charge in [0.25, 0.3) is 11.8 Å². The van der Waals surface area contributed by atoms with Gasteiger partial charge in [0.2, 0.25) is 5.95 Å². The highest BCUT2D eigenvalue weighted by Crippen LogP contribution is 2.34. The minimum Gasteiger partial charge on any atom is -0.365 e. The summed E-state index contributed by atoms with van der Waals surface area (Å²) in [5.74, 6) is -3.40. The first kappa shape index (κ1) is 19.4. The van der Waals surface area contributed by atoms with Gasteiger partial charge in [0, 0.05) is 29.6 Å². The maximum atomic E-state index is 13.9. The topological polar surface area (TPSA) is 132 Å². The zero-order chi connectivity index (χ0) is 20.6. The van der Waals surface area contributed by atoms with Gasteiger partial charge in [0.15, 0.2) is 0 Å². The number of carbonyl (C=O) groups is 1. The molecule has 0 spiro atoms. The molecule has 0 aliphatic heterocycles. The number of rotatable bonds is 5. The molecule has 1 saturated carbocycles. The van der Waals surface area contributed by atoms with E-state index >= 15 is 0 Å². The number of nitrogens with two attached hydrogens (primary N) is 2. The van der Waals surface area contributed by atoms with Gasteiger partial charge in [-0.3, -0.25) is 4.79 Å². The Kier molecular flexibility index (Phi) is 5.01. The van der Waals surface area contributed by atoms with Crippen molar-refractivity contribution in [2.24, 2.45) is 11.5 Å². The van der Waals surface area contributed by atoms with Crippen LogP contribution >= 0.6 is 11.3 Å². The van der Waals surface area contributed by atoms with Crippen molar-refractivity contribution in [2.45, 2.75) is 37.3 Å². The van der Waals surface area contributed by atoms with Crippen LogP contribution in [0.25, 0.3) is 10.2 Å². The van der Waals surface area contributed by atoms with E-state index < -0.39 is 23.9 Å². The molecule has 3 heterocycles. The van der Waals surface area contributed by atoms with Crippen LogP contribution in [0.1, 0.15) is 29.6 Å². The van der Waals surface area contributed by atoms with Crippen molar-refractivity contribution in [3.05, 3.63) is 35.5 Å². The first-order chi connectivity index (χ1) is 13.8. The Morgan fingerprint density at radius 2 is 2.17 bits per heavy atom. The number of pyridine rings is 1. The standard InChI is InChI=1S/C18H19F2N7OS/c19-18(20)5-1-4-11(13(18)21)26-17-24-7-10(14(22)28)15(27-17)25-12-8-29-16-9(12)3-2-6-23-16/h2-3,6-8,11,13H,1,4-5,21H2,(H2,22,28)(H2,24,25,26,27)/t11-,13-/m1/s1. The van der Waals surface area contributed by atoms with E-state index in [9.17, 15) is 13.6 Å². The van der Waals surface area contributed by atoms with Gasteiger partial charge in [0.05, 0.1) is 17.8 Å². The summed E-state index contributed by atoms with van der Waals surface area (Å²) in [5, 5.41) is 8.66. The molecule has 3 aromatic rings. The third-order valence-electron chi connectivity index (χ3n) is 4.92. The molecule has 1 aliphatic rings. The van der Waals surface area contributed by atoms with Gasteiger partial charge in [-0.15, -0.1) is 11.3 Å². The number of aromatic nitrogens is 3. The number of carbonyl (C=O) groups excluding carboxylic acids is 1. The molecule has 0 saturated heterocycles.